The Bertz CT molecular complexity index is 1080. The Kier molecular flexibility index (Phi) is 12.4. The van der Waals surface area contributed by atoms with Crippen LogP contribution >= 0.6 is 0 Å². The minimum absolute atomic E-state index is 0.0564. The van der Waals surface area contributed by atoms with E-state index in [9.17, 15) is 60.7 Å². The van der Waals surface area contributed by atoms with Crippen molar-refractivity contribution in [3.63, 3.8) is 0 Å². The second-order valence-electron chi connectivity index (χ2n) is 10.7. The second-order valence-corrected chi connectivity index (χ2v) is 10.7. The van der Waals surface area contributed by atoms with Gasteiger partial charge < -0.3 is 74.7 Å². The van der Waals surface area contributed by atoms with E-state index in [1.807, 2.05) is 0 Å². The number of hydrogen-bond acceptors (Lipinski definition) is 16. The second kappa shape index (κ2) is 15.2. The molecular formula is C27H40O17. The van der Waals surface area contributed by atoms with Crippen LogP contribution < -0.4 is 4.74 Å². The first kappa shape index (κ1) is 36.0. The van der Waals surface area contributed by atoms with Gasteiger partial charge >= 0.3 is 11.9 Å². The van der Waals surface area contributed by atoms with Gasteiger partial charge in [-0.15, -0.1) is 0 Å². The maximum atomic E-state index is 13.5. The van der Waals surface area contributed by atoms with E-state index in [0.29, 0.717) is 5.56 Å². The normalized spacial score (nSPS) is 35.2. The van der Waals surface area contributed by atoms with Crippen molar-refractivity contribution < 1.29 is 84.3 Å². The standard InChI is InChI=1S/C27H40O17/c1-3-11(2)27(22(36)23(37)38,44-25-21(35)19(33)17(31)15(9-29)43-25)26(39)40-10-12-4-6-13(7-5-12)41-24-20(34)18(32)16(30)14(8-28)42-24/h4-7,11,14-22,24-25,28-36H,3,8-10H2,1-2H3,(H,37,38). The molecule has 0 bridgehead atoms. The third kappa shape index (κ3) is 7.30. The zero-order chi connectivity index (χ0) is 32.9. The molecular weight excluding hydrogens is 596 g/mol. The highest BCUT2D eigenvalue weighted by molar-refractivity contribution is 5.89. The van der Waals surface area contributed by atoms with Crippen molar-refractivity contribution in [1.29, 1.82) is 0 Å². The van der Waals surface area contributed by atoms with Gasteiger partial charge in [0.25, 0.3) is 0 Å². The number of aliphatic carboxylic acids is 1. The number of carbonyl (C=O) groups is 2. The van der Waals surface area contributed by atoms with E-state index in [-0.39, 0.29) is 12.2 Å². The molecule has 17 heteroatoms. The molecule has 1 aromatic rings. The van der Waals surface area contributed by atoms with E-state index in [4.69, 9.17) is 23.7 Å². The number of esters is 1. The number of carbonyl (C=O) groups excluding carboxylic acids is 1. The molecule has 0 saturated carbocycles. The molecule has 2 saturated heterocycles. The van der Waals surface area contributed by atoms with Gasteiger partial charge in [0.1, 0.15) is 61.2 Å². The summed E-state index contributed by atoms with van der Waals surface area (Å²) >= 11 is 0. The van der Waals surface area contributed by atoms with Crippen molar-refractivity contribution in [2.75, 3.05) is 13.2 Å². The molecule has 0 radical (unpaired) electrons. The SMILES string of the molecule is CCC(C)C(OC1OC(CO)C(O)C(O)C1O)(C(=O)OCc1ccc(OC2OC(CO)C(O)C(O)C2O)cc1)C(O)C(=O)O. The molecule has 2 aliphatic rings. The molecule has 17 nitrogen and oxygen atoms in total. The zero-order valence-corrected chi connectivity index (χ0v) is 23.9. The molecule has 13 unspecified atom stereocenters. The van der Waals surface area contributed by atoms with Gasteiger partial charge in [0.2, 0.25) is 11.9 Å². The Morgan fingerprint density at radius 3 is 1.82 bits per heavy atom. The van der Waals surface area contributed by atoms with Gasteiger partial charge in [-0.05, 0) is 23.6 Å². The maximum absolute atomic E-state index is 13.5. The molecule has 2 aliphatic heterocycles. The molecule has 13 atom stereocenters. The average Bonchev–Trinajstić information content (AvgIpc) is 3.02. The highest BCUT2D eigenvalue weighted by Gasteiger charge is 2.59. The molecule has 0 aromatic heterocycles. The van der Waals surface area contributed by atoms with Gasteiger partial charge in [0.15, 0.2) is 12.4 Å². The van der Waals surface area contributed by atoms with Crippen molar-refractivity contribution in [2.24, 2.45) is 5.92 Å². The smallest absolute Gasteiger partial charge is 0.342 e. The number of carboxylic acid groups (broad SMARTS) is 1. The fourth-order valence-corrected chi connectivity index (χ4v) is 4.88. The number of aliphatic hydroxyl groups is 9. The minimum atomic E-state index is -2.69. The quantitative estimate of drug-likeness (QED) is 0.0922. The first-order valence-corrected chi connectivity index (χ1v) is 13.9. The van der Waals surface area contributed by atoms with Crippen LogP contribution in [0.1, 0.15) is 25.8 Å². The van der Waals surface area contributed by atoms with Crippen molar-refractivity contribution >= 4 is 11.9 Å². The zero-order valence-electron chi connectivity index (χ0n) is 23.9. The van der Waals surface area contributed by atoms with Crippen molar-refractivity contribution in [2.45, 2.75) is 100.0 Å². The topological polar surface area (TPSA) is 283 Å². The van der Waals surface area contributed by atoms with E-state index in [0.717, 1.165) is 0 Å². The van der Waals surface area contributed by atoms with Gasteiger partial charge in [-0.2, -0.15) is 0 Å². The van der Waals surface area contributed by atoms with Crippen LogP contribution in [0, 0.1) is 5.92 Å². The number of aliphatic hydroxyl groups excluding tert-OH is 9. The Hall–Kier alpha value is -2.52. The summed E-state index contributed by atoms with van der Waals surface area (Å²) in [6, 6.07) is 5.60. The number of carboxylic acids is 1. The Labute approximate surface area is 251 Å². The Balaban J connectivity index is 1.78. The molecule has 0 spiro atoms. The molecule has 0 aliphatic carbocycles. The summed E-state index contributed by atoms with van der Waals surface area (Å²) in [5.41, 5.74) is -2.37. The van der Waals surface area contributed by atoms with Crippen LogP contribution in [0.15, 0.2) is 24.3 Å². The van der Waals surface area contributed by atoms with Crippen molar-refractivity contribution in [3.05, 3.63) is 29.8 Å². The van der Waals surface area contributed by atoms with E-state index in [1.165, 1.54) is 31.2 Å². The van der Waals surface area contributed by atoms with Crippen LogP contribution in [0.2, 0.25) is 0 Å². The minimum Gasteiger partial charge on any atom is -0.479 e. The van der Waals surface area contributed by atoms with Crippen LogP contribution in [-0.4, -0.2) is 149 Å². The summed E-state index contributed by atoms with van der Waals surface area (Å²) in [6.45, 7) is 0.976. The van der Waals surface area contributed by atoms with E-state index in [2.05, 4.69) is 0 Å². The van der Waals surface area contributed by atoms with Crippen LogP contribution in [0.25, 0.3) is 0 Å². The van der Waals surface area contributed by atoms with Crippen LogP contribution in [0.5, 0.6) is 5.75 Å². The predicted molar refractivity (Wildman–Crippen MR) is 141 cm³/mol. The van der Waals surface area contributed by atoms with Crippen LogP contribution in [0.4, 0.5) is 0 Å². The summed E-state index contributed by atoms with van der Waals surface area (Å²) in [5, 5.41) is 99.9. The molecule has 0 amide bonds. The van der Waals surface area contributed by atoms with Crippen LogP contribution in [-0.2, 0) is 35.1 Å². The van der Waals surface area contributed by atoms with E-state index in [1.54, 1.807) is 6.92 Å². The largest absolute Gasteiger partial charge is 0.479 e. The van der Waals surface area contributed by atoms with Gasteiger partial charge in [0.05, 0.1) is 13.2 Å². The highest BCUT2D eigenvalue weighted by atomic mass is 16.7. The first-order valence-electron chi connectivity index (χ1n) is 13.9. The lowest BCUT2D eigenvalue weighted by atomic mass is 9.81. The summed E-state index contributed by atoms with van der Waals surface area (Å²) in [5.74, 6) is -4.20. The molecule has 10 N–H and O–H groups in total. The first-order chi connectivity index (χ1) is 20.7. The molecule has 2 heterocycles. The lowest BCUT2D eigenvalue weighted by Gasteiger charge is -2.45. The predicted octanol–water partition coefficient (Wildman–Crippen LogP) is -4.04. The Morgan fingerprint density at radius 1 is 0.841 bits per heavy atom. The lowest BCUT2D eigenvalue weighted by molar-refractivity contribution is -0.338. The number of benzene rings is 1. The van der Waals surface area contributed by atoms with E-state index >= 15 is 0 Å². The lowest BCUT2D eigenvalue weighted by Crippen LogP contribution is -2.66. The highest BCUT2D eigenvalue weighted by Crippen LogP contribution is 2.36. The van der Waals surface area contributed by atoms with Gasteiger partial charge in [0, 0.05) is 0 Å². The summed E-state index contributed by atoms with van der Waals surface area (Å²) in [4.78, 5) is 25.5. The third-order valence-electron chi connectivity index (χ3n) is 7.86. The molecule has 44 heavy (non-hydrogen) atoms. The fourth-order valence-electron chi connectivity index (χ4n) is 4.88. The molecule has 3 rings (SSSR count). The van der Waals surface area contributed by atoms with Gasteiger partial charge in [-0.1, -0.05) is 32.4 Å². The summed E-state index contributed by atoms with van der Waals surface area (Å²) in [7, 11) is 0. The Morgan fingerprint density at radius 2 is 1.34 bits per heavy atom. The number of hydrogen-bond donors (Lipinski definition) is 10. The van der Waals surface area contributed by atoms with E-state index < -0.39 is 111 Å². The maximum Gasteiger partial charge on any atom is 0.342 e. The van der Waals surface area contributed by atoms with Gasteiger partial charge in [-0.3, -0.25) is 0 Å². The van der Waals surface area contributed by atoms with Crippen LogP contribution in [0.3, 0.4) is 0 Å². The fraction of sp³-hybridized carbons (Fsp3) is 0.704. The number of ether oxygens (including phenoxy) is 5. The summed E-state index contributed by atoms with van der Waals surface area (Å²) in [6.07, 6.45) is -19.1. The van der Waals surface area contributed by atoms with Crippen molar-refractivity contribution in [1.82, 2.24) is 0 Å². The number of rotatable bonds is 13. The molecule has 1 aromatic carbocycles. The van der Waals surface area contributed by atoms with Crippen molar-refractivity contribution in [3.8, 4) is 5.75 Å². The molecule has 250 valence electrons. The monoisotopic (exact) mass is 636 g/mol. The molecule has 2 fully saturated rings. The summed E-state index contributed by atoms with van der Waals surface area (Å²) < 4.78 is 27.1. The van der Waals surface area contributed by atoms with Gasteiger partial charge in [-0.25, -0.2) is 9.59 Å². The average molecular weight is 637 g/mol. The third-order valence-corrected chi connectivity index (χ3v) is 7.86.